The van der Waals surface area contributed by atoms with Crippen LogP contribution in [0.4, 0.5) is 8.78 Å². The first-order valence-electron chi connectivity index (χ1n) is 7.55. The van der Waals surface area contributed by atoms with Crippen LogP contribution in [0.15, 0.2) is 41.3 Å². The Morgan fingerprint density at radius 3 is 2.48 bits per heavy atom. The molecule has 0 saturated heterocycles. The van der Waals surface area contributed by atoms with E-state index in [4.69, 9.17) is 9.47 Å². The quantitative estimate of drug-likeness (QED) is 0.757. The number of carbonyl (C=O) groups excluding carboxylic acids is 1. The molecule has 0 aromatic heterocycles. The van der Waals surface area contributed by atoms with Crippen molar-refractivity contribution < 1.29 is 23.0 Å². The van der Waals surface area contributed by atoms with Crippen molar-refractivity contribution in [2.24, 2.45) is 0 Å². The molecule has 1 amide bonds. The lowest BCUT2D eigenvalue weighted by Crippen LogP contribution is -2.30. The standard InChI is InChI=1S/C18H19F2NO3S/c1-11(25-17-7-5-13(19)9-14(17)20)18(22)21-10-12-4-6-15(23-2)16(8-12)24-3/h4-9,11H,10H2,1-3H3,(H,21,22). The van der Waals surface area contributed by atoms with E-state index >= 15 is 0 Å². The monoisotopic (exact) mass is 367 g/mol. The lowest BCUT2D eigenvalue weighted by molar-refractivity contribution is -0.120. The summed E-state index contributed by atoms with van der Waals surface area (Å²) in [5.41, 5.74) is 0.844. The molecule has 4 nitrogen and oxygen atoms in total. The Morgan fingerprint density at radius 1 is 1.12 bits per heavy atom. The van der Waals surface area contributed by atoms with Crippen LogP contribution in [0.25, 0.3) is 0 Å². The van der Waals surface area contributed by atoms with Crippen LogP contribution in [0, 0.1) is 11.6 Å². The molecule has 0 aliphatic rings. The molecule has 1 atom stereocenters. The number of halogens is 2. The number of hydrogen-bond donors (Lipinski definition) is 1. The van der Waals surface area contributed by atoms with Crippen molar-refractivity contribution in [1.82, 2.24) is 5.32 Å². The van der Waals surface area contributed by atoms with Gasteiger partial charge in [0.2, 0.25) is 5.91 Å². The van der Waals surface area contributed by atoms with Gasteiger partial charge in [-0.15, -0.1) is 11.8 Å². The predicted octanol–water partition coefficient (Wildman–Crippen LogP) is 3.78. The summed E-state index contributed by atoms with van der Waals surface area (Å²) in [4.78, 5) is 12.4. The molecule has 0 aliphatic carbocycles. The molecule has 2 rings (SSSR count). The summed E-state index contributed by atoms with van der Waals surface area (Å²) < 4.78 is 37.0. The molecule has 134 valence electrons. The van der Waals surface area contributed by atoms with E-state index in [1.807, 2.05) is 6.07 Å². The maximum absolute atomic E-state index is 13.7. The zero-order chi connectivity index (χ0) is 18.4. The number of rotatable bonds is 7. The number of ether oxygens (including phenoxy) is 2. The number of benzene rings is 2. The van der Waals surface area contributed by atoms with Gasteiger partial charge < -0.3 is 14.8 Å². The van der Waals surface area contributed by atoms with Crippen molar-refractivity contribution in [1.29, 1.82) is 0 Å². The second-order valence-corrected chi connectivity index (χ2v) is 6.62. The van der Waals surface area contributed by atoms with Crippen LogP contribution >= 0.6 is 11.8 Å². The molecule has 0 spiro atoms. The van der Waals surface area contributed by atoms with E-state index in [1.165, 1.54) is 19.2 Å². The molecule has 2 aromatic rings. The van der Waals surface area contributed by atoms with E-state index in [0.717, 1.165) is 23.4 Å². The normalized spacial score (nSPS) is 11.7. The van der Waals surface area contributed by atoms with Gasteiger partial charge in [0.25, 0.3) is 0 Å². The van der Waals surface area contributed by atoms with Gasteiger partial charge in [-0.25, -0.2) is 8.78 Å². The van der Waals surface area contributed by atoms with Crippen molar-refractivity contribution in [2.75, 3.05) is 14.2 Å². The van der Waals surface area contributed by atoms with E-state index in [0.29, 0.717) is 18.0 Å². The maximum atomic E-state index is 13.7. The van der Waals surface area contributed by atoms with E-state index < -0.39 is 16.9 Å². The number of carbonyl (C=O) groups is 1. The Bertz CT molecular complexity index is 755. The molecule has 0 saturated carbocycles. The highest BCUT2D eigenvalue weighted by atomic mass is 32.2. The second-order valence-electron chi connectivity index (χ2n) is 5.24. The summed E-state index contributed by atoms with van der Waals surface area (Å²) in [6.07, 6.45) is 0. The Labute approximate surface area is 149 Å². The first kappa shape index (κ1) is 19.1. The zero-order valence-corrected chi connectivity index (χ0v) is 15.0. The number of thioether (sulfide) groups is 1. The first-order chi connectivity index (χ1) is 11.9. The average molecular weight is 367 g/mol. The van der Waals surface area contributed by atoms with Gasteiger partial charge in [-0.1, -0.05) is 6.07 Å². The minimum atomic E-state index is -0.676. The van der Waals surface area contributed by atoms with Gasteiger partial charge in [0, 0.05) is 17.5 Å². The molecule has 0 radical (unpaired) electrons. The van der Waals surface area contributed by atoms with Gasteiger partial charge in [0.05, 0.1) is 19.5 Å². The smallest absolute Gasteiger partial charge is 0.233 e. The third-order valence-corrected chi connectivity index (χ3v) is 4.63. The largest absolute Gasteiger partial charge is 0.493 e. The summed E-state index contributed by atoms with van der Waals surface area (Å²) in [5.74, 6) is -0.390. The molecule has 1 N–H and O–H groups in total. The average Bonchev–Trinajstić information content (AvgIpc) is 2.61. The lowest BCUT2D eigenvalue weighted by atomic mass is 10.2. The van der Waals surface area contributed by atoms with Gasteiger partial charge in [0.15, 0.2) is 11.5 Å². The minimum Gasteiger partial charge on any atom is -0.493 e. The molecular weight excluding hydrogens is 348 g/mol. The molecule has 2 aromatic carbocycles. The highest BCUT2D eigenvalue weighted by Gasteiger charge is 2.17. The molecule has 0 fully saturated rings. The van der Waals surface area contributed by atoms with E-state index in [1.54, 1.807) is 26.2 Å². The molecule has 25 heavy (non-hydrogen) atoms. The Morgan fingerprint density at radius 2 is 1.84 bits per heavy atom. The molecule has 1 unspecified atom stereocenters. The SMILES string of the molecule is COc1ccc(CNC(=O)C(C)Sc2ccc(F)cc2F)cc1OC. The molecular formula is C18H19F2NO3S. The fourth-order valence-electron chi connectivity index (χ4n) is 2.14. The van der Waals surface area contributed by atoms with Crippen molar-refractivity contribution >= 4 is 17.7 Å². The van der Waals surface area contributed by atoms with Gasteiger partial charge >= 0.3 is 0 Å². The van der Waals surface area contributed by atoms with Crippen molar-refractivity contribution in [3.05, 3.63) is 53.6 Å². The van der Waals surface area contributed by atoms with Gasteiger partial charge in [0.1, 0.15) is 11.6 Å². The summed E-state index contributed by atoms with van der Waals surface area (Å²) in [6, 6.07) is 8.64. The van der Waals surface area contributed by atoms with Crippen LogP contribution in [0.5, 0.6) is 11.5 Å². The zero-order valence-electron chi connectivity index (χ0n) is 14.1. The molecule has 0 aliphatic heterocycles. The predicted molar refractivity (Wildman–Crippen MR) is 93.1 cm³/mol. The Hall–Kier alpha value is -2.28. The Balaban J connectivity index is 1.95. The third-order valence-electron chi connectivity index (χ3n) is 3.48. The van der Waals surface area contributed by atoms with Crippen LogP contribution in [-0.2, 0) is 11.3 Å². The fraction of sp³-hybridized carbons (Fsp3) is 0.278. The molecule has 7 heteroatoms. The number of hydrogen-bond acceptors (Lipinski definition) is 4. The third kappa shape index (κ3) is 5.09. The van der Waals surface area contributed by atoms with Gasteiger partial charge in [-0.05, 0) is 36.8 Å². The second kappa shape index (κ2) is 8.71. The summed E-state index contributed by atoms with van der Waals surface area (Å²) in [5, 5.41) is 2.26. The minimum absolute atomic E-state index is 0.232. The summed E-state index contributed by atoms with van der Waals surface area (Å²) in [6.45, 7) is 1.97. The summed E-state index contributed by atoms with van der Waals surface area (Å²) >= 11 is 1.04. The van der Waals surface area contributed by atoms with Gasteiger partial charge in [-0.3, -0.25) is 4.79 Å². The van der Waals surface area contributed by atoms with Crippen molar-refractivity contribution in [2.45, 2.75) is 23.6 Å². The highest BCUT2D eigenvalue weighted by Crippen LogP contribution is 2.28. The van der Waals surface area contributed by atoms with Crippen molar-refractivity contribution in [3.63, 3.8) is 0 Å². The highest BCUT2D eigenvalue weighted by molar-refractivity contribution is 8.00. The van der Waals surface area contributed by atoms with Crippen LogP contribution < -0.4 is 14.8 Å². The molecule has 0 heterocycles. The first-order valence-corrected chi connectivity index (χ1v) is 8.43. The van der Waals surface area contributed by atoms with Crippen LogP contribution in [-0.4, -0.2) is 25.4 Å². The van der Waals surface area contributed by atoms with Crippen LogP contribution in [0.1, 0.15) is 12.5 Å². The number of amides is 1. The van der Waals surface area contributed by atoms with E-state index in [2.05, 4.69) is 5.32 Å². The fourth-order valence-corrected chi connectivity index (χ4v) is 3.03. The van der Waals surface area contributed by atoms with Gasteiger partial charge in [-0.2, -0.15) is 0 Å². The maximum Gasteiger partial charge on any atom is 0.233 e. The summed E-state index contributed by atoms with van der Waals surface area (Å²) in [7, 11) is 3.09. The lowest BCUT2D eigenvalue weighted by Gasteiger charge is -2.14. The Kier molecular flexibility index (Phi) is 6.64. The number of methoxy groups -OCH3 is 2. The van der Waals surface area contributed by atoms with Crippen LogP contribution in [0.3, 0.4) is 0 Å². The number of nitrogens with one attached hydrogen (secondary N) is 1. The van der Waals surface area contributed by atoms with Crippen molar-refractivity contribution in [3.8, 4) is 11.5 Å². The van der Waals surface area contributed by atoms with Crippen LogP contribution in [0.2, 0.25) is 0 Å². The topological polar surface area (TPSA) is 47.6 Å². The molecule has 0 bridgehead atoms. The van der Waals surface area contributed by atoms with E-state index in [-0.39, 0.29) is 10.8 Å². The van der Waals surface area contributed by atoms with E-state index in [9.17, 15) is 13.6 Å².